The lowest BCUT2D eigenvalue weighted by Gasteiger charge is -2.49. The molecule has 0 saturated heterocycles. The van der Waals surface area contributed by atoms with Crippen molar-refractivity contribution >= 4 is 68.6 Å². The maximum absolute atomic E-state index is 2.86. The summed E-state index contributed by atoms with van der Waals surface area (Å²) in [6.45, 7) is 33.5. The number of fused-ring (bicyclic) bond motifs is 7. The van der Waals surface area contributed by atoms with Crippen LogP contribution < -0.4 is 31.1 Å². The molecular weight excluding hydrogens is 1000 g/mol. The van der Waals surface area contributed by atoms with Gasteiger partial charge in [0.15, 0.2) is 0 Å². The normalized spacial score (nSPS) is 18.5. The predicted octanol–water partition coefficient (Wildman–Crippen LogP) is 20.1. The van der Waals surface area contributed by atoms with Crippen molar-refractivity contribution in [2.24, 2.45) is 0 Å². The summed E-state index contributed by atoms with van der Waals surface area (Å²) in [5.74, 6) is 0. The molecule has 4 aliphatic rings. The van der Waals surface area contributed by atoms with Gasteiger partial charge >= 0.3 is 0 Å². The monoisotopic (exact) mass is 1090 g/mol. The Morgan fingerprint density at radius 3 is 1.28 bits per heavy atom. The Bertz CT molecular complexity index is 3980. The van der Waals surface area contributed by atoms with Crippen LogP contribution in [0.5, 0.6) is 0 Å². The number of hydrogen-bond acceptors (Lipinski definition) is 3. The number of anilines is 8. The fraction of sp³-hybridized carbons (Fsp3) is 0.316. The standard InChI is InChI=1S/C79H84BN3/c1-74(2,3)56-35-40-66(61(46-56)53-29-21-16-22-30-53)81-69-45-55(52-27-19-15-20-28-52)33-38-64(69)80-65-39-34-59(77(10,11)12)49-70(65)82(67-41-36-57(75(4,5)6)47-62(67)54-31-23-17-24-32-54)72-51-60(50-71(81)73(72)80)83-68-42-37-58(76(7,8)9)48-63(68)78(13)43-25-18-26-44-79(78,83)14/h15-17,19-24,27-42,45-51H,18,25-26,43-44H2,1-14H3. The van der Waals surface area contributed by atoms with E-state index in [2.05, 4.69) is 306 Å². The second kappa shape index (κ2) is 19.5. The van der Waals surface area contributed by atoms with E-state index in [4.69, 9.17) is 0 Å². The van der Waals surface area contributed by atoms with Gasteiger partial charge in [0.2, 0.25) is 0 Å². The zero-order chi connectivity index (χ0) is 58.2. The molecule has 1 aliphatic carbocycles. The highest BCUT2D eigenvalue weighted by atomic mass is 15.3. The maximum Gasteiger partial charge on any atom is 0.252 e. The van der Waals surface area contributed by atoms with E-state index >= 15 is 0 Å². The summed E-state index contributed by atoms with van der Waals surface area (Å²) >= 11 is 0. The van der Waals surface area contributed by atoms with E-state index in [0.29, 0.717) is 0 Å². The molecular formula is C79H84BN3. The maximum atomic E-state index is 2.86. The average Bonchev–Trinajstić information content (AvgIpc) is 1.91. The van der Waals surface area contributed by atoms with Crippen LogP contribution in [0, 0.1) is 0 Å². The molecule has 4 heteroatoms. The molecule has 9 aromatic rings. The Hall–Kier alpha value is -7.56. The topological polar surface area (TPSA) is 9.72 Å². The zero-order valence-electron chi connectivity index (χ0n) is 51.9. The molecule has 1 fully saturated rings. The minimum absolute atomic E-state index is 0.00917. The van der Waals surface area contributed by atoms with Crippen molar-refractivity contribution in [2.75, 3.05) is 14.7 Å². The molecule has 0 amide bonds. The summed E-state index contributed by atoms with van der Waals surface area (Å²) in [5, 5.41) is 0. The van der Waals surface area contributed by atoms with Crippen molar-refractivity contribution in [1.29, 1.82) is 0 Å². The molecule has 0 radical (unpaired) electrons. The van der Waals surface area contributed by atoms with Crippen LogP contribution in [-0.2, 0) is 27.1 Å². The van der Waals surface area contributed by atoms with Gasteiger partial charge < -0.3 is 14.7 Å². The lowest BCUT2D eigenvalue weighted by Crippen LogP contribution is -2.61. The molecule has 2 atom stereocenters. The second-order valence-electron chi connectivity index (χ2n) is 29.3. The minimum Gasteiger partial charge on any atom is -0.334 e. The number of benzene rings is 9. The fourth-order valence-electron chi connectivity index (χ4n) is 14.8. The van der Waals surface area contributed by atoms with E-state index in [1.165, 1.54) is 142 Å². The highest BCUT2D eigenvalue weighted by Crippen LogP contribution is 2.62. The molecule has 0 spiro atoms. The van der Waals surface area contributed by atoms with E-state index in [1.54, 1.807) is 0 Å². The number of nitrogens with zero attached hydrogens (tertiary/aromatic N) is 3. The van der Waals surface area contributed by atoms with Crippen LogP contribution >= 0.6 is 0 Å². The van der Waals surface area contributed by atoms with Crippen molar-refractivity contribution < 1.29 is 0 Å². The molecule has 418 valence electrons. The molecule has 0 N–H and O–H groups in total. The smallest absolute Gasteiger partial charge is 0.252 e. The zero-order valence-corrected chi connectivity index (χ0v) is 51.9. The summed E-state index contributed by atoms with van der Waals surface area (Å²) in [4.78, 5) is 8.28. The Balaban J connectivity index is 1.21. The molecule has 9 aromatic carbocycles. The first-order valence-corrected chi connectivity index (χ1v) is 30.9. The van der Waals surface area contributed by atoms with Crippen LogP contribution in [0.3, 0.4) is 0 Å². The highest BCUT2D eigenvalue weighted by Gasteiger charge is 2.58. The van der Waals surface area contributed by atoms with Crippen LogP contribution in [0.2, 0.25) is 0 Å². The van der Waals surface area contributed by atoms with Crippen LogP contribution in [0.4, 0.5) is 45.5 Å². The first kappa shape index (κ1) is 54.7. The van der Waals surface area contributed by atoms with Gasteiger partial charge in [-0.1, -0.05) is 249 Å². The third kappa shape index (κ3) is 8.99. The predicted molar refractivity (Wildman–Crippen MR) is 359 cm³/mol. The number of rotatable bonds is 6. The molecule has 3 nitrogen and oxygen atoms in total. The van der Waals surface area contributed by atoms with Crippen molar-refractivity contribution in [3.63, 3.8) is 0 Å². The van der Waals surface area contributed by atoms with Crippen molar-refractivity contribution in [1.82, 2.24) is 0 Å². The summed E-state index contributed by atoms with van der Waals surface area (Å²) in [7, 11) is 0. The quantitative estimate of drug-likeness (QED) is 0.154. The van der Waals surface area contributed by atoms with Crippen LogP contribution in [0.25, 0.3) is 33.4 Å². The SMILES string of the molecule is CC(C)(C)c1ccc(N2c3cc(-c4ccccc4)ccc3B3c4ccc(C(C)(C)C)cc4N(c4ccc(C(C)(C)C)cc4-c4ccccc4)c4cc(N5c6ccc(C(C)(C)C)cc6C6(C)CCCCCC56C)cc2c43)c(-c2ccccc2)c1. The Morgan fingerprint density at radius 1 is 0.349 bits per heavy atom. The molecule has 13 rings (SSSR count). The molecule has 83 heavy (non-hydrogen) atoms. The van der Waals surface area contributed by atoms with Gasteiger partial charge in [0.25, 0.3) is 6.71 Å². The Kier molecular flexibility index (Phi) is 12.9. The molecule has 3 heterocycles. The summed E-state index contributed by atoms with van der Waals surface area (Å²) < 4.78 is 0. The van der Waals surface area contributed by atoms with Gasteiger partial charge in [-0.3, -0.25) is 0 Å². The van der Waals surface area contributed by atoms with Gasteiger partial charge in [0.05, 0.1) is 16.9 Å². The molecule has 2 unspecified atom stereocenters. The first-order chi connectivity index (χ1) is 39.4. The average molecular weight is 1090 g/mol. The third-order valence-electron chi connectivity index (χ3n) is 19.9. The van der Waals surface area contributed by atoms with Crippen LogP contribution in [0.1, 0.15) is 157 Å². The lowest BCUT2D eigenvalue weighted by atomic mass is 9.33. The summed E-state index contributed by atoms with van der Waals surface area (Å²) in [5.41, 5.74) is 27.5. The van der Waals surface area contributed by atoms with Crippen molar-refractivity contribution in [3.8, 4) is 33.4 Å². The minimum atomic E-state index is -0.218. The largest absolute Gasteiger partial charge is 0.334 e. The molecule has 0 aromatic heterocycles. The number of hydrogen-bond donors (Lipinski definition) is 0. The Labute approximate surface area is 497 Å². The molecule has 1 saturated carbocycles. The fourth-order valence-corrected chi connectivity index (χ4v) is 14.8. The third-order valence-corrected chi connectivity index (χ3v) is 19.9. The van der Waals surface area contributed by atoms with E-state index in [0.717, 1.165) is 12.8 Å². The highest BCUT2D eigenvalue weighted by molar-refractivity contribution is 7.00. The van der Waals surface area contributed by atoms with Gasteiger partial charge in [-0.15, -0.1) is 0 Å². The van der Waals surface area contributed by atoms with Gasteiger partial charge in [-0.25, -0.2) is 0 Å². The van der Waals surface area contributed by atoms with E-state index in [-0.39, 0.29) is 39.3 Å². The van der Waals surface area contributed by atoms with Gasteiger partial charge in [0.1, 0.15) is 0 Å². The molecule has 3 aliphatic heterocycles. The molecule has 0 bridgehead atoms. The summed E-state index contributed by atoms with van der Waals surface area (Å²) in [6, 6.07) is 75.8. The van der Waals surface area contributed by atoms with Crippen molar-refractivity contribution in [3.05, 3.63) is 222 Å². The van der Waals surface area contributed by atoms with Gasteiger partial charge in [0, 0.05) is 50.7 Å². The van der Waals surface area contributed by atoms with Gasteiger partial charge in [-0.05, 0) is 162 Å². The first-order valence-electron chi connectivity index (χ1n) is 30.9. The van der Waals surface area contributed by atoms with Crippen LogP contribution in [-0.4, -0.2) is 12.3 Å². The van der Waals surface area contributed by atoms with E-state index < -0.39 is 0 Å². The summed E-state index contributed by atoms with van der Waals surface area (Å²) in [6.07, 6.45) is 5.92. The van der Waals surface area contributed by atoms with Gasteiger partial charge in [-0.2, -0.15) is 0 Å². The van der Waals surface area contributed by atoms with Crippen molar-refractivity contribution in [2.45, 2.75) is 162 Å². The Morgan fingerprint density at radius 2 is 0.771 bits per heavy atom. The lowest BCUT2D eigenvalue weighted by molar-refractivity contribution is 0.261. The van der Waals surface area contributed by atoms with E-state index in [1.807, 2.05) is 0 Å². The second-order valence-corrected chi connectivity index (χ2v) is 29.3. The van der Waals surface area contributed by atoms with E-state index in [9.17, 15) is 0 Å². The van der Waals surface area contributed by atoms with Crippen LogP contribution in [0.15, 0.2) is 194 Å².